The Morgan fingerprint density at radius 1 is 1.05 bits per heavy atom. The first-order valence-electron chi connectivity index (χ1n) is 6.44. The summed E-state index contributed by atoms with van der Waals surface area (Å²) in [6, 6.07) is 12.4. The lowest BCUT2D eigenvalue weighted by molar-refractivity contribution is -0.185. The molecule has 0 saturated carbocycles. The van der Waals surface area contributed by atoms with E-state index in [2.05, 4.69) is 6.58 Å². The lowest BCUT2D eigenvalue weighted by Gasteiger charge is -2.33. The van der Waals surface area contributed by atoms with E-state index >= 15 is 0 Å². The molecule has 0 saturated heterocycles. The van der Waals surface area contributed by atoms with E-state index in [1.165, 1.54) is 6.92 Å². The van der Waals surface area contributed by atoms with E-state index < -0.39 is 11.6 Å². The Hall–Kier alpha value is -1.77. The Balaban J connectivity index is 2.59. The third-order valence-electron chi connectivity index (χ3n) is 3.67. The fraction of sp³-hybridized carbons (Fsp3) is 0.294. The van der Waals surface area contributed by atoms with E-state index in [1.54, 1.807) is 25.1 Å². The van der Waals surface area contributed by atoms with Crippen LogP contribution >= 0.6 is 0 Å². The molecule has 1 atom stereocenters. The molecule has 0 aliphatic heterocycles. The lowest BCUT2D eigenvalue weighted by atomic mass is 9.76. The molecule has 0 radical (unpaired) electrons. The molecule has 2 rings (SSSR count). The van der Waals surface area contributed by atoms with Gasteiger partial charge in [0.1, 0.15) is 0 Å². The molecule has 0 heterocycles. The maximum Gasteiger partial charge on any atom is 0.398 e. The molecule has 0 spiro atoms. The average molecular weight is 278 g/mol. The van der Waals surface area contributed by atoms with Gasteiger partial charge in [0.05, 0.1) is 5.41 Å². The summed E-state index contributed by atoms with van der Waals surface area (Å²) in [5.74, 6) is 0. The number of fused-ring (bicyclic) bond motifs is 1. The van der Waals surface area contributed by atoms with E-state index in [-0.39, 0.29) is 12.0 Å². The third-order valence-corrected chi connectivity index (χ3v) is 3.67. The molecule has 2 aromatic carbocycles. The van der Waals surface area contributed by atoms with Gasteiger partial charge in [-0.3, -0.25) is 0 Å². The minimum absolute atomic E-state index is 0.102. The molecule has 0 amide bonds. The van der Waals surface area contributed by atoms with E-state index in [1.807, 2.05) is 24.3 Å². The second kappa shape index (κ2) is 4.97. The molecule has 20 heavy (non-hydrogen) atoms. The van der Waals surface area contributed by atoms with Crippen LogP contribution in [0, 0.1) is 0 Å². The van der Waals surface area contributed by atoms with Crippen molar-refractivity contribution in [1.29, 1.82) is 0 Å². The van der Waals surface area contributed by atoms with Gasteiger partial charge in [-0.2, -0.15) is 13.2 Å². The van der Waals surface area contributed by atoms with Crippen molar-refractivity contribution in [3.63, 3.8) is 0 Å². The number of rotatable bonds is 3. The van der Waals surface area contributed by atoms with Crippen molar-refractivity contribution >= 4 is 10.8 Å². The van der Waals surface area contributed by atoms with Crippen LogP contribution in [0.3, 0.4) is 0 Å². The summed E-state index contributed by atoms with van der Waals surface area (Å²) in [6.07, 6.45) is -4.41. The number of halogens is 3. The molecule has 3 heteroatoms. The van der Waals surface area contributed by atoms with Gasteiger partial charge in [0.15, 0.2) is 0 Å². The number of hydrogen-bond donors (Lipinski definition) is 0. The van der Waals surface area contributed by atoms with Gasteiger partial charge in [-0.1, -0.05) is 48.0 Å². The molecule has 0 aromatic heterocycles. The van der Waals surface area contributed by atoms with Crippen molar-refractivity contribution in [1.82, 2.24) is 0 Å². The Morgan fingerprint density at radius 3 is 2.20 bits per heavy atom. The zero-order valence-corrected chi connectivity index (χ0v) is 11.6. The van der Waals surface area contributed by atoms with Crippen LogP contribution in [0.25, 0.3) is 10.8 Å². The minimum atomic E-state index is -4.31. The zero-order chi connectivity index (χ0) is 15.0. The van der Waals surface area contributed by atoms with Crippen LogP contribution in [-0.2, 0) is 5.41 Å². The number of alkyl halides is 3. The predicted molar refractivity (Wildman–Crippen MR) is 76.8 cm³/mol. The standard InChI is InChI=1S/C17H17F3/c1-12(2)11-16(3,17(18,19)20)15-9-8-13-6-4-5-7-14(13)10-15/h4-10H,1,11H2,2-3H3. The van der Waals surface area contributed by atoms with Crippen molar-refractivity contribution < 1.29 is 13.2 Å². The van der Waals surface area contributed by atoms with Crippen molar-refractivity contribution in [3.8, 4) is 0 Å². The Morgan fingerprint density at radius 2 is 1.65 bits per heavy atom. The van der Waals surface area contributed by atoms with Gasteiger partial charge in [-0.05, 0) is 36.6 Å². The van der Waals surface area contributed by atoms with Gasteiger partial charge in [0.2, 0.25) is 0 Å². The first-order chi connectivity index (χ1) is 9.24. The largest absolute Gasteiger partial charge is 0.398 e. The molecule has 2 aromatic rings. The van der Waals surface area contributed by atoms with Crippen LogP contribution in [-0.4, -0.2) is 6.18 Å². The molecule has 0 N–H and O–H groups in total. The van der Waals surface area contributed by atoms with Crippen LogP contribution in [0.5, 0.6) is 0 Å². The number of allylic oxidation sites excluding steroid dienone is 1. The summed E-state index contributed by atoms with van der Waals surface area (Å²) in [5.41, 5.74) is -1.09. The Labute approximate surface area is 116 Å². The monoisotopic (exact) mass is 278 g/mol. The van der Waals surface area contributed by atoms with E-state index in [0.717, 1.165) is 10.8 Å². The second-order valence-corrected chi connectivity index (χ2v) is 5.53. The molecule has 0 fully saturated rings. The summed E-state index contributed by atoms with van der Waals surface area (Å²) < 4.78 is 40.5. The number of hydrogen-bond acceptors (Lipinski definition) is 0. The van der Waals surface area contributed by atoms with Gasteiger partial charge >= 0.3 is 6.18 Å². The quantitative estimate of drug-likeness (QED) is 0.639. The topological polar surface area (TPSA) is 0 Å². The third kappa shape index (κ3) is 2.58. The maximum absolute atomic E-state index is 13.5. The Bertz CT molecular complexity index is 640. The van der Waals surface area contributed by atoms with Gasteiger partial charge < -0.3 is 0 Å². The fourth-order valence-electron chi connectivity index (χ4n) is 2.50. The highest BCUT2D eigenvalue weighted by Gasteiger charge is 2.51. The zero-order valence-electron chi connectivity index (χ0n) is 11.6. The van der Waals surface area contributed by atoms with Crippen LogP contribution in [0.4, 0.5) is 13.2 Å². The van der Waals surface area contributed by atoms with E-state index in [9.17, 15) is 13.2 Å². The van der Waals surface area contributed by atoms with Crippen molar-refractivity contribution in [2.45, 2.75) is 31.9 Å². The summed E-state index contributed by atoms with van der Waals surface area (Å²) in [6.45, 7) is 6.51. The number of benzene rings is 2. The first kappa shape index (κ1) is 14.6. The average Bonchev–Trinajstić information content (AvgIpc) is 2.36. The van der Waals surface area contributed by atoms with E-state index in [0.29, 0.717) is 5.57 Å². The summed E-state index contributed by atoms with van der Waals surface area (Å²) >= 11 is 0. The lowest BCUT2D eigenvalue weighted by Crippen LogP contribution is -2.39. The molecular formula is C17H17F3. The fourth-order valence-corrected chi connectivity index (χ4v) is 2.50. The minimum Gasteiger partial charge on any atom is -0.170 e. The normalized spacial score (nSPS) is 15.1. The molecule has 0 aliphatic carbocycles. The summed E-state index contributed by atoms with van der Waals surface area (Å²) in [4.78, 5) is 0. The van der Waals surface area contributed by atoms with Gasteiger partial charge in [0, 0.05) is 0 Å². The maximum atomic E-state index is 13.5. The predicted octanol–water partition coefficient (Wildman–Crippen LogP) is 5.63. The van der Waals surface area contributed by atoms with E-state index in [4.69, 9.17) is 0 Å². The smallest absolute Gasteiger partial charge is 0.170 e. The first-order valence-corrected chi connectivity index (χ1v) is 6.44. The Kier molecular flexibility index (Phi) is 3.63. The molecular weight excluding hydrogens is 261 g/mol. The van der Waals surface area contributed by atoms with Crippen LogP contribution in [0.15, 0.2) is 54.6 Å². The molecule has 0 aliphatic rings. The molecule has 0 bridgehead atoms. The highest BCUT2D eigenvalue weighted by Crippen LogP contribution is 2.45. The molecule has 106 valence electrons. The van der Waals surface area contributed by atoms with Crippen molar-refractivity contribution in [3.05, 3.63) is 60.2 Å². The summed E-state index contributed by atoms with van der Waals surface area (Å²) in [7, 11) is 0. The van der Waals surface area contributed by atoms with Gasteiger partial charge in [-0.25, -0.2) is 0 Å². The van der Waals surface area contributed by atoms with Crippen molar-refractivity contribution in [2.24, 2.45) is 0 Å². The molecule has 0 nitrogen and oxygen atoms in total. The summed E-state index contributed by atoms with van der Waals surface area (Å²) in [5, 5.41) is 1.76. The second-order valence-electron chi connectivity index (χ2n) is 5.53. The van der Waals surface area contributed by atoms with Crippen LogP contribution < -0.4 is 0 Å². The van der Waals surface area contributed by atoms with Gasteiger partial charge in [0.25, 0.3) is 0 Å². The SMILES string of the molecule is C=C(C)CC(C)(c1ccc2ccccc2c1)C(F)(F)F. The highest BCUT2D eigenvalue weighted by molar-refractivity contribution is 5.83. The highest BCUT2D eigenvalue weighted by atomic mass is 19.4. The van der Waals surface area contributed by atoms with Crippen LogP contribution in [0.2, 0.25) is 0 Å². The van der Waals surface area contributed by atoms with Crippen LogP contribution in [0.1, 0.15) is 25.8 Å². The molecule has 1 unspecified atom stereocenters. The van der Waals surface area contributed by atoms with Gasteiger partial charge in [-0.15, -0.1) is 6.58 Å². The van der Waals surface area contributed by atoms with Crippen molar-refractivity contribution in [2.75, 3.05) is 0 Å².